The van der Waals surface area contributed by atoms with Crippen molar-refractivity contribution in [3.63, 3.8) is 0 Å². The quantitative estimate of drug-likeness (QED) is 0.105. The molecular weight excluding hydrogens is 709 g/mol. The number of aliphatic hydroxyl groups excluding tert-OH is 1. The average molecular weight is 756 g/mol. The van der Waals surface area contributed by atoms with Gasteiger partial charge in [-0.15, -0.1) is 23.3 Å². The van der Waals surface area contributed by atoms with Crippen molar-refractivity contribution in [1.82, 2.24) is 9.97 Å². The van der Waals surface area contributed by atoms with E-state index in [-0.39, 0.29) is 48.9 Å². The summed E-state index contributed by atoms with van der Waals surface area (Å²) in [5.41, 5.74) is 6.18. The van der Waals surface area contributed by atoms with Gasteiger partial charge < -0.3 is 10.1 Å². The second kappa shape index (κ2) is 14.7. The van der Waals surface area contributed by atoms with Crippen LogP contribution in [0, 0.1) is 23.8 Å². The Balaban J connectivity index is 0.000000274. The maximum Gasteiger partial charge on any atom is 0.162 e. The van der Waals surface area contributed by atoms with E-state index in [1.54, 1.807) is 0 Å². The largest absolute Gasteiger partial charge is 0.512 e. The van der Waals surface area contributed by atoms with E-state index in [2.05, 4.69) is 69.1 Å². The molecule has 43 heavy (non-hydrogen) atoms. The molecule has 2 heterocycles. The van der Waals surface area contributed by atoms with Crippen molar-refractivity contribution >= 4 is 27.3 Å². The van der Waals surface area contributed by atoms with E-state index in [0.717, 1.165) is 48.7 Å². The molecule has 5 rings (SSSR count). The van der Waals surface area contributed by atoms with Crippen molar-refractivity contribution < 1.29 is 30.0 Å². The van der Waals surface area contributed by atoms with E-state index >= 15 is 0 Å². The fraction of sp³-hybridized carbons (Fsp3) is 0.447. The van der Waals surface area contributed by atoms with Gasteiger partial charge in [0.2, 0.25) is 0 Å². The Kier molecular flexibility index (Phi) is 11.9. The monoisotopic (exact) mass is 756 g/mol. The Morgan fingerprint density at radius 1 is 0.977 bits per heavy atom. The summed E-state index contributed by atoms with van der Waals surface area (Å²) in [5.74, 6) is 1.18. The summed E-state index contributed by atoms with van der Waals surface area (Å²) in [5, 5.41) is 14.7. The number of hydrogen-bond donors (Lipinski definition) is 1. The van der Waals surface area contributed by atoms with Gasteiger partial charge in [0.1, 0.15) is 0 Å². The number of fused-ring (bicyclic) bond motifs is 4. The van der Waals surface area contributed by atoms with Gasteiger partial charge in [0.05, 0.1) is 5.76 Å². The fourth-order valence-corrected chi connectivity index (χ4v) is 6.51. The first-order valence-corrected chi connectivity index (χ1v) is 15.7. The first kappa shape index (κ1) is 34.6. The molecule has 0 unspecified atom stereocenters. The zero-order valence-electron chi connectivity index (χ0n) is 27.0. The first-order chi connectivity index (χ1) is 20.1. The number of hydrogen-bond acceptors (Lipinski definition) is 4. The molecule has 4 aromatic rings. The second-order valence-electron chi connectivity index (χ2n) is 12.6. The Hall–Kier alpha value is -2.88. The summed E-state index contributed by atoms with van der Waals surface area (Å²) in [6.07, 6.45) is 11.8. The summed E-state index contributed by atoms with van der Waals surface area (Å²) >= 11 is 0. The molecule has 1 radical (unpaired) electrons. The van der Waals surface area contributed by atoms with Crippen LogP contribution in [0.3, 0.4) is 0 Å². The number of ketones is 1. The molecule has 0 spiro atoms. The Morgan fingerprint density at radius 2 is 1.65 bits per heavy atom. The average Bonchev–Trinajstić information content (AvgIpc) is 2.96. The molecule has 0 fully saturated rings. The molecule has 231 valence electrons. The molecule has 2 aromatic carbocycles. The van der Waals surface area contributed by atoms with Crippen molar-refractivity contribution in [3.8, 4) is 11.3 Å². The third-order valence-electron chi connectivity index (χ3n) is 8.93. The SMILES string of the molecule is CC(C)Cc1cc2c3c(nccc3c1)-c1[c-]cc3cnccc3c1C2(C)C.CCC(CC)C(=O)/C=C(\O)C(CC)CC.[Ir]. The van der Waals surface area contributed by atoms with E-state index in [1.807, 2.05) is 46.3 Å². The number of aliphatic hydroxyl groups is 1. The summed E-state index contributed by atoms with van der Waals surface area (Å²) in [4.78, 5) is 20.8. The van der Waals surface area contributed by atoms with Crippen LogP contribution in [0.4, 0.5) is 0 Å². The summed E-state index contributed by atoms with van der Waals surface area (Å²) in [6, 6.07) is 14.6. The van der Waals surface area contributed by atoms with Gasteiger partial charge in [0, 0.05) is 50.4 Å². The van der Waals surface area contributed by atoms with Crippen LogP contribution in [0.1, 0.15) is 97.8 Å². The minimum atomic E-state index is -0.117. The topological polar surface area (TPSA) is 63.1 Å². The minimum Gasteiger partial charge on any atom is -0.512 e. The van der Waals surface area contributed by atoms with Gasteiger partial charge in [0.25, 0.3) is 0 Å². The number of aromatic nitrogens is 2. The minimum absolute atomic E-state index is 0. The van der Waals surface area contributed by atoms with Crippen molar-refractivity contribution in [2.24, 2.45) is 17.8 Å². The van der Waals surface area contributed by atoms with Crippen LogP contribution < -0.4 is 0 Å². The normalized spacial score (nSPS) is 13.6. The Labute approximate surface area is 271 Å². The number of rotatable bonds is 9. The van der Waals surface area contributed by atoms with E-state index in [1.165, 1.54) is 38.9 Å². The van der Waals surface area contributed by atoms with Crippen molar-refractivity contribution in [1.29, 1.82) is 0 Å². The molecule has 5 heteroatoms. The smallest absolute Gasteiger partial charge is 0.162 e. The van der Waals surface area contributed by atoms with Gasteiger partial charge >= 0.3 is 0 Å². The predicted molar refractivity (Wildman–Crippen MR) is 176 cm³/mol. The molecular formula is C38H47IrN2O2-. The molecule has 0 saturated heterocycles. The molecule has 0 atom stereocenters. The Morgan fingerprint density at radius 3 is 2.28 bits per heavy atom. The number of carbonyl (C=O) groups is 1. The maximum absolute atomic E-state index is 11.7. The second-order valence-corrected chi connectivity index (χ2v) is 12.6. The summed E-state index contributed by atoms with van der Waals surface area (Å²) in [7, 11) is 0. The van der Waals surface area contributed by atoms with Crippen LogP contribution in [0.5, 0.6) is 0 Å². The molecule has 1 N–H and O–H groups in total. The van der Waals surface area contributed by atoms with Gasteiger partial charge in [-0.2, -0.15) is 0 Å². The maximum atomic E-state index is 11.7. The molecule has 0 bridgehead atoms. The molecule has 0 aliphatic heterocycles. The predicted octanol–water partition coefficient (Wildman–Crippen LogP) is 9.96. The van der Waals surface area contributed by atoms with Crippen molar-refractivity contribution in [3.05, 3.63) is 83.5 Å². The molecule has 0 amide bonds. The van der Waals surface area contributed by atoms with Crippen LogP contribution in [-0.4, -0.2) is 20.9 Å². The summed E-state index contributed by atoms with van der Waals surface area (Å²) in [6.45, 7) is 17.3. The van der Waals surface area contributed by atoms with E-state index in [4.69, 9.17) is 4.98 Å². The van der Waals surface area contributed by atoms with E-state index in [0.29, 0.717) is 5.92 Å². The van der Waals surface area contributed by atoms with E-state index < -0.39 is 0 Å². The van der Waals surface area contributed by atoms with Crippen LogP contribution in [0.25, 0.3) is 32.8 Å². The van der Waals surface area contributed by atoms with Crippen LogP contribution >= 0.6 is 0 Å². The van der Waals surface area contributed by atoms with E-state index in [9.17, 15) is 9.90 Å². The first-order valence-electron chi connectivity index (χ1n) is 15.7. The van der Waals surface area contributed by atoms with Gasteiger partial charge in [-0.3, -0.25) is 9.78 Å². The number of carbonyl (C=O) groups excluding carboxylic acids is 1. The zero-order valence-corrected chi connectivity index (χ0v) is 29.4. The van der Waals surface area contributed by atoms with Crippen molar-refractivity contribution in [2.45, 2.75) is 92.9 Å². The fourth-order valence-electron chi connectivity index (χ4n) is 6.51. The van der Waals surface area contributed by atoms with Crippen LogP contribution in [0.2, 0.25) is 0 Å². The van der Waals surface area contributed by atoms with Gasteiger partial charge in [0.15, 0.2) is 5.78 Å². The molecule has 0 saturated carbocycles. The van der Waals surface area contributed by atoms with Crippen LogP contribution in [0.15, 0.2) is 60.8 Å². The molecule has 1 aliphatic carbocycles. The van der Waals surface area contributed by atoms with Gasteiger partial charge in [-0.25, -0.2) is 0 Å². The third-order valence-corrected chi connectivity index (χ3v) is 8.93. The number of nitrogens with zero attached hydrogens (tertiary/aromatic N) is 2. The number of allylic oxidation sites excluding steroid dienone is 2. The summed E-state index contributed by atoms with van der Waals surface area (Å²) < 4.78 is 0. The molecule has 1 aliphatic rings. The third kappa shape index (κ3) is 7.10. The number of pyridine rings is 2. The van der Waals surface area contributed by atoms with Gasteiger partial charge in [-0.05, 0) is 83.3 Å². The van der Waals surface area contributed by atoms with Crippen LogP contribution in [-0.2, 0) is 36.7 Å². The van der Waals surface area contributed by atoms with Gasteiger partial charge in [-0.1, -0.05) is 84.4 Å². The molecule has 4 nitrogen and oxygen atoms in total. The number of benzene rings is 2. The Bertz CT molecular complexity index is 1600. The van der Waals surface area contributed by atoms with Crippen molar-refractivity contribution in [2.75, 3.05) is 0 Å². The zero-order chi connectivity index (χ0) is 30.6. The standard InChI is InChI=1S/C25H23N2.C13H24O2.Ir/c1-15(2)11-16-12-17-7-10-27-24-20-6-5-18-14-26-9-8-19(18)23(20)25(3,4)21(13-16)22(17)24;1-5-10(6-2)12(14)9-13(15)11(7-3)8-4;/h5,7-10,12-15H,11H2,1-4H3;9-11,14H,5-8H2,1-4H3;/q-1;;/b;12-9-;. The molecule has 2 aromatic heterocycles.